The predicted molar refractivity (Wildman–Crippen MR) is 60.5 cm³/mol. The fraction of sp³-hybridized carbons (Fsp3) is 0.200. The Morgan fingerprint density at radius 2 is 1.92 bits per heavy atom. The van der Waals surface area contributed by atoms with Crippen molar-refractivity contribution in [2.75, 3.05) is 17.2 Å². The lowest BCUT2D eigenvalue weighted by atomic mass is 10.1. The molecule has 0 bridgehead atoms. The molecule has 3 heteroatoms. The monoisotopic (exact) mass is 215 g/mol. The third-order valence-corrected chi connectivity index (χ3v) is 1.67. The van der Waals surface area contributed by atoms with Crippen LogP contribution in [0.5, 0.6) is 0 Å². The van der Waals surface area contributed by atoms with Crippen molar-refractivity contribution in [2.45, 2.75) is 0 Å². The van der Waals surface area contributed by atoms with Crippen LogP contribution in [0.4, 0.5) is 5.69 Å². The van der Waals surface area contributed by atoms with Gasteiger partial charge in [-0.2, -0.15) is 0 Å². The zero-order chi connectivity index (χ0) is 9.52. The van der Waals surface area contributed by atoms with E-state index in [4.69, 9.17) is 23.2 Å². The van der Waals surface area contributed by atoms with Gasteiger partial charge in [-0.25, -0.2) is 0 Å². The minimum Gasteiger partial charge on any atom is -0.381 e. The van der Waals surface area contributed by atoms with E-state index in [2.05, 4.69) is 35.7 Å². The lowest BCUT2D eigenvalue weighted by molar-refractivity contribution is 1.31. The minimum atomic E-state index is 0.194. The van der Waals surface area contributed by atoms with Crippen molar-refractivity contribution < 1.29 is 0 Å². The quantitative estimate of drug-likeness (QED) is 0.654. The van der Waals surface area contributed by atoms with E-state index < -0.39 is 0 Å². The van der Waals surface area contributed by atoms with Crippen LogP contribution in [0.15, 0.2) is 30.3 Å². The van der Waals surface area contributed by atoms with Gasteiger partial charge in [0, 0.05) is 12.2 Å². The number of nitrogens with one attached hydrogen (secondary N) is 1. The highest BCUT2D eigenvalue weighted by Crippen LogP contribution is 2.18. The molecule has 0 saturated heterocycles. The summed E-state index contributed by atoms with van der Waals surface area (Å²) in [5.41, 5.74) is 2.53. The van der Waals surface area contributed by atoms with Gasteiger partial charge in [0.15, 0.2) is 0 Å². The molecule has 0 saturated carbocycles. The number of alkyl halides is 2. The summed E-state index contributed by atoms with van der Waals surface area (Å²) < 4.78 is 0. The van der Waals surface area contributed by atoms with E-state index in [1.54, 1.807) is 0 Å². The Balaban J connectivity index is 0.000000251. The molecule has 1 aliphatic heterocycles. The van der Waals surface area contributed by atoms with Crippen LogP contribution in [0, 0.1) is 0 Å². The zero-order valence-electron chi connectivity index (χ0n) is 7.13. The third kappa shape index (κ3) is 3.29. The summed E-state index contributed by atoms with van der Waals surface area (Å²) in [4.78, 5) is 0. The van der Waals surface area contributed by atoms with Crippen molar-refractivity contribution in [3.8, 4) is 0 Å². The van der Waals surface area contributed by atoms with Crippen molar-refractivity contribution in [3.05, 3.63) is 35.9 Å². The van der Waals surface area contributed by atoms with Crippen molar-refractivity contribution in [2.24, 2.45) is 0 Å². The average Bonchev–Trinajstić information content (AvgIpc) is 2.19. The van der Waals surface area contributed by atoms with Crippen LogP contribution in [-0.2, 0) is 0 Å². The molecule has 1 aliphatic rings. The van der Waals surface area contributed by atoms with E-state index in [1.807, 2.05) is 6.07 Å². The summed E-state index contributed by atoms with van der Waals surface area (Å²) in [6.07, 6.45) is 4.27. The maximum absolute atomic E-state index is 4.76. The maximum atomic E-state index is 4.76. The highest BCUT2D eigenvalue weighted by molar-refractivity contribution is 6.40. The van der Waals surface area contributed by atoms with Crippen LogP contribution < -0.4 is 5.32 Å². The van der Waals surface area contributed by atoms with Crippen LogP contribution in [0.3, 0.4) is 0 Å². The van der Waals surface area contributed by atoms with E-state index in [0.29, 0.717) is 0 Å². The standard InChI is InChI=1S/C9H9N.CH2Cl2/c1-2-6-9-8(4-1)5-3-7-10-9;2-1-3/h1-6,10H,7H2;1H2. The second-order valence-electron chi connectivity index (χ2n) is 2.47. The molecule has 0 radical (unpaired) electrons. The van der Waals surface area contributed by atoms with Crippen LogP contribution in [-0.4, -0.2) is 11.9 Å². The molecule has 0 spiro atoms. The van der Waals surface area contributed by atoms with Gasteiger partial charge in [-0.3, -0.25) is 0 Å². The molecule has 0 aliphatic carbocycles. The topological polar surface area (TPSA) is 12.0 Å². The molecular formula is C10H11Cl2N. The van der Waals surface area contributed by atoms with Crippen molar-refractivity contribution in [1.82, 2.24) is 0 Å². The highest BCUT2D eigenvalue weighted by atomic mass is 35.5. The average molecular weight is 216 g/mol. The number of fused-ring (bicyclic) bond motifs is 1. The summed E-state index contributed by atoms with van der Waals surface area (Å²) in [5.74, 6) is 0. The van der Waals surface area contributed by atoms with Gasteiger partial charge in [0.2, 0.25) is 0 Å². The molecule has 0 aromatic heterocycles. The fourth-order valence-corrected chi connectivity index (χ4v) is 1.16. The summed E-state index contributed by atoms with van der Waals surface area (Å²) in [6, 6.07) is 8.30. The summed E-state index contributed by atoms with van der Waals surface area (Å²) in [5, 5.41) is 3.47. The normalized spacial score (nSPS) is 12.2. The maximum Gasteiger partial charge on any atom is 0.0967 e. The SMILES string of the molecule is C1=Cc2ccccc2NC1.ClCCl. The number of hydrogen-bond acceptors (Lipinski definition) is 1. The van der Waals surface area contributed by atoms with Crippen LogP contribution in [0.25, 0.3) is 6.08 Å². The number of para-hydroxylation sites is 1. The van der Waals surface area contributed by atoms with Gasteiger partial charge in [-0.1, -0.05) is 30.4 Å². The Kier molecular flexibility index (Phi) is 4.73. The van der Waals surface area contributed by atoms with E-state index in [1.165, 1.54) is 11.3 Å². The Morgan fingerprint density at radius 1 is 1.23 bits per heavy atom. The van der Waals surface area contributed by atoms with Gasteiger partial charge in [0.25, 0.3) is 0 Å². The predicted octanol–water partition coefficient (Wildman–Crippen LogP) is 3.55. The van der Waals surface area contributed by atoms with Gasteiger partial charge < -0.3 is 5.32 Å². The molecule has 1 aromatic rings. The zero-order valence-corrected chi connectivity index (χ0v) is 8.65. The van der Waals surface area contributed by atoms with E-state index in [0.717, 1.165) is 6.54 Å². The van der Waals surface area contributed by atoms with E-state index in [9.17, 15) is 0 Å². The molecule has 1 nitrogen and oxygen atoms in total. The first-order valence-corrected chi connectivity index (χ1v) is 5.06. The minimum absolute atomic E-state index is 0.194. The lowest BCUT2D eigenvalue weighted by Crippen LogP contribution is -2.03. The fourth-order valence-electron chi connectivity index (χ4n) is 1.16. The molecule has 13 heavy (non-hydrogen) atoms. The molecule has 0 amide bonds. The Morgan fingerprint density at radius 3 is 2.62 bits per heavy atom. The van der Waals surface area contributed by atoms with Gasteiger partial charge in [-0.05, 0) is 11.6 Å². The lowest BCUT2D eigenvalue weighted by Gasteiger charge is -2.11. The number of halogens is 2. The number of rotatable bonds is 0. The molecule has 1 heterocycles. The van der Waals surface area contributed by atoms with Crippen LogP contribution >= 0.6 is 23.2 Å². The number of benzene rings is 1. The first-order valence-electron chi connectivity index (χ1n) is 4.00. The smallest absolute Gasteiger partial charge is 0.0967 e. The van der Waals surface area contributed by atoms with Crippen molar-refractivity contribution >= 4 is 35.0 Å². The molecular weight excluding hydrogens is 205 g/mol. The Labute approximate surface area is 88.4 Å². The molecule has 70 valence electrons. The second-order valence-corrected chi connectivity index (χ2v) is 3.28. The largest absolute Gasteiger partial charge is 0.381 e. The first-order chi connectivity index (χ1) is 6.38. The molecule has 1 N–H and O–H groups in total. The first kappa shape index (κ1) is 10.4. The Bertz CT molecular complexity index is 284. The van der Waals surface area contributed by atoms with Gasteiger partial charge in [0.1, 0.15) is 0 Å². The molecule has 1 aromatic carbocycles. The van der Waals surface area contributed by atoms with Crippen LogP contribution in [0.2, 0.25) is 0 Å². The molecule has 0 fully saturated rings. The summed E-state index contributed by atoms with van der Waals surface area (Å²) in [6.45, 7) is 0.955. The second kappa shape index (κ2) is 5.90. The van der Waals surface area contributed by atoms with Gasteiger partial charge >= 0.3 is 0 Å². The summed E-state index contributed by atoms with van der Waals surface area (Å²) in [7, 11) is 0. The summed E-state index contributed by atoms with van der Waals surface area (Å²) >= 11 is 9.53. The van der Waals surface area contributed by atoms with Gasteiger partial charge in [-0.15, -0.1) is 23.2 Å². The van der Waals surface area contributed by atoms with E-state index in [-0.39, 0.29) is 5.34 Å². The number of hydrogen-bond donors (Lipinski definition) is 1. The van der Waals surface area contributed by atoms with Crippen LogP contribution in [0.1, 0.15) is 5.56 Å². The highest BCUT2D eigenvalue weighted by Gasteiger charge is 1.98. The van der Waals surface area contributed by atoms with Crippen molar-refractivity contribution in [3.63, 3.8) is 0 Å². The number of anilines is 1. The van der Waals surface area contributed by atoms with E-state index >= 15 is 0 Å². The molecule has 0 unspecified atom stereocenters. The third-order valence-electron chi connectivity index (χ3n) is 1.67. The Hall–Kier alpha value is -0.660. The van der Waals surface area contributed by atoms with Gasteiger partial charge in [0.05, 0.1) is 5.34 Å². The molecule has 2 rings (SSSR count). The van der Waals surface area contributed by atoms with Crippen molar-refractivity contribution in [1.29, 1.82) is 0 Å². The molecule has 0 atom stereocenters.